The van der Waals surface area contributed by atoms with Gasteiger partial charge in [-0.1, -0.05) is 64.5 Å². The molecule has 3 aromatic rings. The molecule has 1 saturated heterocycles. The summed E-state index contributed by atoms with van der Waals surface area (Å²) in [6.45, 7) is 0.385. The normalized spacial score (nSPS) is 18.8. The van der Waals surface area contributed by atoms with E-state index in [1.165, 1.54) is 18.2 Å². The molecular formula is C26H25BrF2N2O2. The van der Waals surface area contributed by atoms with Gasteiger partial charge in [0.1, 0.15) is 23.4 Å². The van der Waals surface area contributed by atoms with Crippen LogP contribution in [0, 0.1) is 11.6 Å². The summed E-state index contributed by atoms with van der Waals surface area (Å²) < 4.78 is 35.3. The Hall–Kier alpha value is -2.77. The van der Waals surface area contributed by atoms with Crippen LogP contribution in [0.5, 0.6) is 0 Å². The maximum atomic E-state index is 14.5. The number of halogens is 3. The van der Waals surface area contributed by atoms with Gasteiger partial charge in [-0.3, -0.25) is 4.79 Å². The summed E-state index contributed by atoms with van der Waals surface area (Å²) in [5.41, 5.74) is 1.31. The quantitative estimate of drug-likeness (QED) is 0.404. The Kier molecular flexibility index (Phi) is 7.40. The lowest BCUT2D eigenvalue weighted by molar-refractivity contribution is -0.136. The summed E-state index contributed by atoms with van der Waals surface area (Å²) in [6, 6.07) is 19.4. The largest absolute Gasteiger partial charge is 0.383 e. The van der Waals surface area contributed by atoms with Crippen molar-refractivity contribution in [3.63, 3.8) is 0 Å². The maximum absolute atomic E-state index is 14.5. The number of carbonyl (C=O) groups is 1. The molecule has 4 nitrogen and oxygen atoms in total. The van der Waals surface area contributed by atoms with E-state index in [1.807, 2.05) is 35.2 Å². The zero-order valence-corrected chi connectivity index (χ0v) is 19.8. The van der Waals surface area contributed by atoms with E-state index >= 15 is 0 Å². The van der Waals surface area contributed by atoms with Crippen LogP contribution in [0.25, 0.3) is 0 Å². The monoisotopic (exact) mass is 514 g/mol. The smallest absolute Gasteiger partial charge is 0.250 e. The SMILES string of the molecule is COCC1CCC(c2ccccc2)N1C(=O)C(Nc1c(F)cccc1F)c1ccc(Br)cc1. The Balaban J connectivity index is 1.75. The minimum absolute atomic E-state index is 0.141. The van der Waals surface area contributed by atoms with Crippen LogP contribution in [0.1, 0.15) is 36.1 Å². The predicted molar refractivity (Wildman–Crippen MR) is 128 cm³/mol. The van der Waals surface area contributed by atoms with Crippen molar-refractivity contribution >= 4 is 27.5 Å². The molecule has 0 aromatic heterocycles. The van der Waals surface area contributed by atoms with Gasteiger partial charge in [0, 0.05) is 11.6 Å². The second kappa shape index (κ2) is 10.4. The van der Waals surface area contributed by atoms with Crippen molar-refractivity contribution in [3.8, 4) is 0 Å². The Morgan fingerprint density at radius 1 is 1.03 bits per heavy atom. The van der Waals surface area contributed by atoms with Gasteiger partial charge in [-0.2, -0.15) is 0 Å². The first-order chi connectivity index (χ1) is 16.0. The van der Waals surface area contributed by atoms with Crippen LogP contribution in [-0.4, -0.2) is 30.6 Å². The van der Waals surface area contributed by atoms with E-state index in [2.05, 4.69) is 21.2 Å². The highest BCUT2D eigenvalue weighted by molar-refractivity contribution is 9.10. The molecule has 0 radical (unpaired) electrons. The first-order valence-corrected chi connectivity index (χ1v) is 11.6. The van der Waals surface area contributed by atoms with Crippen LogP contribution in [0.2, 0.25) is 0 Å². The van der Waals surface area contributed by atoms with Crippen LogP contribution in [0.15, 0.2) is 77.3 Å². The first-order valence-electron chi connectivity index (χ1n) is 10.8. The van der Waals surface area contributed by atoms with E-state index in [0.717, 1.165) is 22.9 Å². The Bertz CT molecular complexity index is 1070. The summed E-state index contributed by atoms with van der Waals surface area (Å²) >= 11 is 3.41. The number of anilines is 1. The minimum Gasteiger partial charge on any atom is -0.383 e. The summed E-state index contributed by atoms with van der Waals surface area (Å²) in [5.74, 6) is -1.76. The van der Waals surface area contributed by atoms with E-state index in [9.17, 15) is 13.6 Å². The molecule has 3 aromatic carbocycles. The highest BCUT2D eigenvalue weighted by atomic mass is 79.9. The molecule has 3 atom stereocenters. The van der Waals surface area contributed by atoms with Gasteiger partial charge in [-0.15, -0.1) is 0 Å². The molecular weight excluding hydrogens is 490 g/mol. The number of hydrogen-bond donors (Lipinski definition) is 1. The minimum atomic E-state index is -0.979. The van der Waals surface area contributed by atoms with Gasteiger partial charge >= 0.3 is 0 Å². The molecule has 1 fully saturated rings. The number of likely N-dealkylation sites (tertiary alicyclic amines) is 1. The van der Waals surface area contributed by atoms with Crippen LogP contribution >= 0.6 is 15.9 Å². The van der Waals surface area contributed by atoms with E-state index in [1.54, 1.807) is 31.4 Å². The zero-order valence-electron chi connectivity index (χ0n) is 18.2. The Morgan fingerprint density at radius 2 is 1.70 bits per heavy atom. The number of nitrogens with one attached hydrogen (secondary N) is 1. The van der Waals surface area contributed by atoms with Crippen molar-refractivity contribution < 1.29 is 18.3 Å². The lowest BCUT2D eigenvalue weighted by Gasteiger charge is -2.34. The molecule has 4 rings (SSSR count). The van der Waals surface area contributed by atoms with Gasteiger partial charge in [-0.05, 0) is 48.2 Å². The second-order valence-corrected chi connectivity index (χ2v) is 9.00. The average Bonchev–Trinajstić information content (AvgIpc) is 3.24. The molecule has 0 spiro atoms. The molecule has 0 aliphatic carbocycles. The lowest BCUT2D eigenvalue weighted by atomic mass is 10.0. The summed E-state index contributed by atoms with van der Waals surface area (Å²) in [5, 5.41) is 2.87. The van der Waals surface area contributed by atoms with Crippen LogP contribution in [-0.2, 0) is 9.53 Å². The van der Waals surface area contributed by atoms with Gasteiger partial charge in [-0.25, -0.2) is 8.78 Å². The summed E-state index contributed by atoms with van der Waals surface area (Å²) in [6.07, 6.45) is 1.56. The number of para-hydroxylation sites is 1. The number of amides is 1. The molecule has 1 heterocycles. The number of methoxy groups -OCH3 is 1. The van der Waals surface area contributed by atoms with Gasteiger partial charge < -0.3 is 15.0 Å². The van der Waals surface area contributed by atoms with Gasteiger partial charge in [0.15, 0.2) is 0 Å². The second-order valence-electron chi connectivity index (χ2n) is 8.08. The van der Waals surface area contributed by atoms with Crippen LogP contribution < -0.4 is 5.32 Å². The summed E-state index contributed by atoms with van der Waals surface area (Å²) in [4.78, 5) is 15.9. The fourth-order valence-electron chi connectivity index (χ4n) is 4.45. The molecule has 1 aliphatic rings. The molecule has 1 N–H and O–H groups in total. The molecule has 7 heteroatoms. The average molecular weight is 515 g/mol. The van der Waals surface area contributed by atoms with Crippen molar-refractivity contribution in [3.05, 3.63) is 100 Å². The van der Waals surface area contributed by atoms with E-state index < -0.39 is 17.7 Å². The maximum Gasteiger partial charge on any atom is 0.250 e. The van der Waals surface area contributed by atoms with E-state index in [-0.39, 0.29) is 23.7 Å². The van der Waals surface area contributed by atoms with Gasteiger partial charge in [0.2, 0.25) is 0 Å². The fraction of sp³-hybridized carbons (Fsp3) is 0.269. The van der Waals surface area contributed by atoms with Crippen molar-refractivity contribution in [1.82, 2.24) is 4.90 Å². The summed E-state index contributed by atoms with van der Waals surface area (Å²) in [7, 11) is 1.61. The number of benzene rings is 3. The molecule has 1 aliphatic heterocycles. The van der Waals surface area contributed by atoms with Crippen LogP contribution in [0.3, 0.4) is 0 Å². The molecule has 1 amide bonds. The molecule has 3 unspecified atom stereocenters. The number of nitrogens with zero attached hydrogens (tertiary/aromatic N) is 1. The third-order valence-electron chi connectivity index (χ3n) is 6.00. The molecule has 0 saturated carbocycles. The van der Waals surface area contributed by atoms with Crippen molar-refractivity contribution in [2.24, 2.45) is 0 Å². The molecule has 0 bridgehead atoms. The van der Waals surface area contributed by atoms with Gasteiger partial charge in [0.05, 0.1) is 18.7 Å². The molecule has 172 valence electrons. The zero-order chi connectivity index (χ0) is 23.4. The third-order valence-corrected chi connectivity index (χ3v) is 6.53. The highest BCUT2D eigenvalue weighted by Gasteiger charge is 2.41. The first kappa shape index (κ1) is 23.4. The number of rotatable bonds is 7. The number of ether oxygens (including phenoxy) is 1. The van der Waals surface area contributed by atoms with Crippen molar-refractivity contribution in [2.75, 3.05) is 19.0 Å². The lowest BCUT2D eigenvalue weighted by Crippen LogP contribution is -2.44. The van der Waals surface area contributed by atoms with Crippen LogP contribution in [0.4, 0.5) is 14.5 Å². The highest BCUT2D eigenvalue weighted by Crippen LogP contribution is 2.39. The van der Waals surface area contributed by atoms with Crippen molar-refractivity contribution in [1.29, 1.82) is 0 Å². The Labute approximate surface area is 200 Å². The predicted octanol–water partition coefficient (Wildman–Crippen LogP) is 6.26. The Morgan fingerprint density at radius 3 is 2.33 bits per heavy atom. The standard InChI is InChI=1S/C26H25BrF2N2O2/c1-33-16-20-14-15-23(17-6-3-2-4-7-17)31(20)26(32)24(18-10-12-19(27)13-11-18)30-25-21(28)8-5-9-22(25)29/h2-13,20,23-24,30H,14-16H2,1H3. The van der Waals surface area contributed by atoms with Gasteiger partial charge in [0.25, 0.3) is 5.91 Å². The van der Waals surface area contributed by atoms with E-state index in [4.69, 9.17) is 4.74 Å². The number of hydrogen-bond acceptors (Lipinski definition) is 3. The topological polar surface area (TPSA) is 41.6 Å². The third kappa shape index (κ3) is 5.09. The fourth-order valence-corrected chi connectivity index (χ4v) is 4.71. The van der Waals surface area contributed by atoms with E-state index in [0.29, 0.717) is 12.2 Å². The number of carbonyl (C=O) groups excluding carboxylic acids is 1. The van der Waals surface area contributed by atoms with Crippen molar-refractivity contribution in [2.45, 2.75) is 31.0 Å². The molecule has 33 heavy (non-hydrogen) atoms.